The number of nitrogens with one attached hydrogen (secondary N) is 1. The number of nitrogens with two attached hydrogens (primary N) is 1. The van der Waals surface area contributed by atoms with Crippen LogP contribution in [0.5, 0.6) is 0 Å². The predicted molar refractivity (Wildman–Crippen MR) is 63.6 cm³/mol. The number of hydrogen-bond donors (Lipinski definition) is 2. The predicted octanol–water partition coefficient (Wildman–Crippen LogP) is 1.22. The third-order valence-electron chi connectivity index (χ3n) is 2.07. The minimum Gasteiger partial charge on any atom is -0.341 e. The van der Waals surface area contributed by atoms with E-state index in [0.29, 0.717) is 12.5 Å². The van der Waals surface area contributed by atoms with Gasteiger partial charge in [-0.2, -0.15) is 0 Å². The molecule has 5 heteroatoms. The Labute approximate surface area is 94.7 Å². The van der Waals surface area contributed by atoms with Crippen LogP contribution in [0.2, 0.25) is 5.02 Å². The highest BCUT2D eigenvalue weighted by Gasteiger charge is 2.06. The van der Waals surface area contributed by atoms with Crippen LogP contribution < -0.4 is 11.3 Å². The SMILES string of the molecule is CN=C(NN)N(C)Cc1ccccc1Cl. The zero-order valence-electron chi connectivity index (χ0n) is 8.87. The normalized spacial score (nSPS) is 11.3. The van der Waals surface area contributed by atoms with E-state index >= 15 is 0 Å². The lowest BCUT2D eigenvalue weighted by atomic mass is 10.2. The average molecular weight is 227 g/mol. The summed E-state index contributed by atoms with van der Waals surface area (Å²) in [5.41, 5.74) is 3.56. The number of aliphatic imine (C=N–C) groups is 1. The first kappa shape index (κ1) is 11.8. The van der Waals surface area contributed by atoms with E-state index in [-0.39, 0.29) is 0 Å². The largest absolute Gasteiger partial charge is 0.341 e. The van der Waals surface area contributed by atoms with Gasteiger partial charge in [-0.15, -0.1) is 0 Å². The summed E-state index contributed by atoms with van der Waals surface area (Å²) < 4.78 is 0. The van der Waals surface area contributed by atoms with Gasteiger partial charge in [-0.25, -0.2) is 5.84 Å². The molecule has 0 aliphatic rings. The number of rotatable bonds is 2. The molecule has 0 bridgehead atoms. The molecule has 0 fully saturated rings. The van der Waals surface area contributed by atoms with Crippen LogP contribution in [-0.2, 0) is 6.54 Å². The molecule has 1 aromatic rings. The lowest BCUT2D eigenvalue weighted by Crippen LogP contribution is -2.42. The van der Waals surface area contributed by atoms with Crippen molar-refractivity contribution in [2.75, 3.05) is 14.1 Å². The number of benzene rings is 1. The highest BCUT2D eigenvalue weighted by molar-refractivity contribution is 6.31. The van der Waals surface area contributed by atoms with E-state index in [9.17, 15) is 0 Å². The fourth-order valence-electron chi connectivity index (χ4n) is 1.30. The van der Waals surface area contributed by atoms with Gasteiger partial charge in [0.1, 0.15) is 0 Å². The fourth-order valence-corrected chi connectivity index (χ4v) is 1.50. The zero-order chi connectivity index (χ0) is 11.3. The summed E-state index contributed by atoms with van der Waals surface area (Å²) in [5, 5.41) is 0.747. The summed E-state index contributed by atoms with van der Waals surface area (Å²) >= 11 is 6.04. The van der Waals surface area contributed by atoms with Gasteiger partial charge in [0, 0.05) is 25.7 Å². The van der Waals surface area contributed by atoms with Crippen LogP contribution in [0.25, 0.3) is 0 Å². The van der Waals surface area contributed by atoms with Gasteiger partial charge in [0.05, 0.1) is 0 Å². The highest BCUT2D eigenvalue weighted by Crippen LogP contribution is 2.16. The summed E-state index contributed by atoms with van der Waals surface area (Å²) in [6.07, 6.45) is 0. The molecule has 0 aliphatic carbocycles. The number of nitrogens with zero attached hydrogens (tertiary/aromatic N) is 2. The minimum absolute atomic E-state index is 0.620. The lowest BCUT2D eigenvalue weighted by Gasteiger charge is -2.20. The summed E-state index contributed by atoms with van der Waals surface area (Å²) in [4.78, 5) is 5.89. The Morgan fingerprint density at radius 3 is 2.73 bits per heavy atom. The average Bonchev–Trinajstić information content (AvgIpc) is 2.23. The van der Waals surface area contributed by atoms with E-state index < -0.39 is 0 Å². The Morgan fingerprint density at radius 1 is 1.53 bits per heavy atom. The van der Waals surface area contributed by atoms with Crippen molar-refractivity contribution < 1.29 is 0 Å². The summed E-state index contributed by atoms with van der Waals surface area (Å²) in [7, 11) is 3.57. The second-order valence-electron chi connectivity index (χ2n) is 3.14. The quantitative estimate of drug-likeness (QED) is 0.345. The number of hydrazine groups is 1. The molecule has 0 aliphatic heterocycles. The molecule has 0 atom stereocenters. The second-order valence-corrected chi connectivity index (χ2v) is 3.55. The monoisotopic (exact) mass is 226 g/mol. The fraction of sp³-hybridized carbons (Fsp3) is 0.300. The van der Waals surface area contributed by atoms with Crippen molar-refractivity contribution >= 4 is 17.6 Å². The van der Waals surface area contributed by atoms with E-state index in [1.807, 2.05) is 36.2 Å². The Hall–Kier alpha value is -1.26. The molecular weight excluding hydrogens is 212 g/mol. The molecule has 3 N–H and O–H groups in total. The maximum atomic E-state index is 6.04. The molecule has 0 amide bonds. The van der Waals surface area contributed by atoms with Crippen molar-refractivity contribution in [1.29, 1.82) is 0 Å². The maximum absolute atomic E-state index is 6.04. The molecule has 0 saturated carbocycles. The summed E-state index contributed by atoms with van der Waals surface area (Å²) in [6.45, 7) is 0.663. The van der Waals surface area contributed by atoms with Crippen molar-refractivity contribution in [3.8, 4) is 0 Å². The number of halogens is 1. The number of guanidine groups is 1. The first-order chi connectivity index (χ1) is 7.19. The van der Waals surface area contributed by atoms with Crippen LogP contribution in [0, 0.1) is 0 Å². The van der Waals surface area contributed by atoms with E-state index in [1.54, 1.807) is 7.05 Å². The van der Waals surface area contributed by atoms with Crippen molar-refractivity contribution in [3.05, 3.63) is 34.9 Å². The van der Waals surface area contributed by atoms with Crippen molar-refractivity contribution in [2.24, 2.45) is 10.8 Å². The van der Waals surface area contributed by atoms with E-state index in [4.69, 9.17) is 17.4 Å². The molecule has 1 rings (SSSR count). The molecule has 15 heavy (non-hydrogen) atoms. The van der Waals surface area contributed by atoms with Gasteiger partial charge in [-0.1, -0.05) is 29.8 Å². The third kappa shape index (κ3) is 3.11. The molecule has 0 radical (unpaired) electrons. The lowest BCUT2D eigenvalue weighted by molar-refractivity contribution is 0.479. The van der Waals surface area contributed by atoms with E-state index in [0.717, 1.165) is 10.6 Å². The van der Waals surface area contributed by atoms with Crippen LogP contribution >= 0.6 is 11.6 Å². The smallest absolute Gasteiger partial charge is 0.208 e. The molecule has 4 nitrogen and oxygen atoms in total. The van der Waals surface area contributed by atoms with Crippen molar-refractivity contribution in [1.82, 2.24) is 10.3 Å². The van der Waals surface area contributed by atoms with E-state index in [1.165, 1.54) is 0 Å². The maximum Gasteiger partial charge on any atom is 0.208 e. The van der Waals surface area contributed by atoms with Gasteiger partial charge >= 0.3 is 0 Å². The summed E-state index contributed by atoms with van der Waals surface area (Å²) in [5.74, 6) is 5.94. The minimum atomic E-state index is 0.620. The Bertz CT molecular complexity index is 351. The first-order valence-corrected chi connectivity index (χ1v) is 4.94. The third-order valence-corrected chi connectivity index (χ3v) is 2.44. The molecule has 0 heterocycles. The van der Waals surface area contributed by atoms with Gasteiger partial charge < -0.3 is 4.90 Å². The van der Waals surface area contributed by atoms with Crippen LogP contribution in [0.15, 0.2) is 29.3 Å². The van der Waals surface area contributed by atoms with E-state index in [2.05, 4.69) is 10.4 Å². The second kappa shape index (κ2) is 5.58. The highest BCUT2D eigenvalue weighted by atomic mass is 35.5. The van der Waals surface area contributed by atoms with Gasteiger partial charge in [-0.05, 0) is 11.6 Å². The van der Waals surface area contributed by atoms with Crippen molar-refractivity contribution in [2.45, 2.75) is 6.54 Å². The standard InChI is InChI=1S/C10H15ClN4/c1-13-10(14-12)15(2)7-8-5-3-4-6-9(8)11/h3-6H,7,12H2,1-2H3,(H,13,14). The van der Waals surface area contributed by atoms with Gasteiger partial charge in [0.2, 0.25) is 5.96 Å². The molecule has 0 saturated heterocycles. The number of hydrogen-bond acceptors (Lipinski definition) is 2. The van der Waals surface area contributed by atoms with Gasteiger partial charge in [0.25, 0.3) is 0 Å². The van der Waals surface area contributed by atoms with Gasteiger partial charge in [-0.3, -0.25) is 10.4 Å². The topological polar surface area (TPSA) is 53.6 Å². The molecule has 0 unspecified atom stereocenters. The Morgan fingerprint density at radius 2 is 2.20 bits per heavy atom. The first-order valence-electron chi connectivity index (χ1n) is 4.57. The summed E-state index contributed by atoms with van der Waals surface area (Å²) in [6, 6.07) is 7.70. The molecule has 1 aromatic carbocycles. The van der Waals surface area contributed by atoms with Crippen LogP contribution in [0.4, 0.5) is 0 Å². The Balaban J connectivity index is 2.74. The molecular formula is C10H15ClN4. The molecule has 0 spiro atoms. The van der Waals surface area contributed by atoms with Crippen LogP contribution in [0.3, 0.4) is 0 Å². The van der Waals surface area contributed by atoms with Crippen LogP contribution in [-0.4, -0.2) is 25.0 Å². The Kier molecular flexibility index (Phi) is 4.39. The van der Waals surface area contributed by atoms with Crippen molar-refractivity contribution in [3.63, 3.8) is 0 Å². The zero-order valence-corrected chi connectivity index (χ0v) is 9.62. The molecule has 82 valence electrons. The van der Waals surface area contributed by atoms with Gasteiger partial charge in [0.15, 0.2) is 0 Å². The molecule has 0 aromatic heterocycles. The van der Waals surface area contributed by atoms with Crippen LogP contribution in [0.1, 0.15) is 5.56 Å².